The largest absolute Gasteiger partial charge is 0.383 e. The number of nitrogens with zero attached hydrogens (tertiary/aromatic N) is 5. The van der Waals surface area contributed by atoms with Gasteiger partial charge in [0.25, 0.3) is 0 Å². The Morgan fingerprint density at radius 3 is 1.63 bits per heavy atom. The number of nitrogens with one attached hydrogen (secondary N) is 1. The maximum Gasteiger partial charge on any atom is 0.182 e. The van der Waals surface area contributed by atoms with Crippen molar-refractivity contribution in [3.05, 3.63) is 161 Å². The topological polar surface area (TPSA) is 134 Å². The number of rotatable bonds is 5. The Morgan fingerprint density at radius 1 is 0.547 bits per heavy atom. The Balaban J connectivity index is 0.000000142. The fraction of sp³-hybridized carbons (Fsp3) is 0.250. The van der Waals surface area contributed by atoms with Crippen LogP contribution in [0.1, 0.15) is 11.1 Å². The number of anilines is 5. The van der Waals surface area contributed by atoms with Gasteiger partial charge in [0.15, 0.2) is 19.7 Å². The molecule has 8 aromatic rings. The molecule has 1 N–H and O–H groups in total. The van der Waals surface area contributed by atoms with Crippen molar-refractivity contribution in [2.75, 3.05) is 97.2 Å². The van der Waals surface area contributed by atoms with Crippen molar-refractivity contribution in [2.45, 2.75) is 23.6 Å². The maximum absolute atomic E-state index is 15.4. The Bertz CT molecular complexity index is 3730. The lowest BCUT2D eigenvalue weighted by atomic mass is 9.99. The van der Waals surface area contributed by atoms with Crippen LogP contribution in [0.2, 0.25) is 5.02 Å². The van der Waals surface area contributed by atoms with Crippen LogP contribution in [0, 0.1) is 37.1 Å². The first-order valence-electron chi connectivity index (χ1n) is 24.3. The Labute approximate surface area is 437 Å². The van der Waals surface area contributed by atoms with Gasteiger partial charge in [-0.25, -0.2) is 44.4 Å². The first-order chi connectivity index (χ1) is 36.1. The number of hydrogen-bond acceptors (Lipinski definition) is 12. The van der Waals surface area contributed by atoms with E-state index in [2.05, 4.69) is 25.1 Å². The van der Waals surface area contributed by atoms with Crippen molar-refractivity contribution >= 4 is 81.5 Å². The molecule has 12 rings (SSSR count). The van der Waals surface area contributed by atoms with Gasteiger partial charge < -0.3 is 29.5 Å². The van der Waals surface area contributed by atoms with Gasteiger partial charge in [0.05, 0.1) is 103 Å². The van der Waals surface area contributed by atoms with E-state index in [0.29, 0.717) is 93.8 Å². The number of morpholine rings is 2. The number of aromatic nitrogens is 2. The molecule has 2 saturated heterocycles. The quantitative estimate of drug-likeness (QED) is 0.164. The molecule has 6 heterocycles. The van der Waals surface area contributed by atoms with Crippen LogP contribution in [-0.2, 0) is 29.1 Å². The average Bonchev–Trinajstić information content (AvgIpc) is 3.41. The van der Waals surface area contributed by atoms with E-state index in [1.807, 2.05) is 29.2 Å². The van der Waals surface area contributed by atoms with Crippen LogP contribution in [0.5, 0.6) is 0 Å². The zero-order valence-corrected chi connectivity index (χ0v) is 43.3. The third-order valence-corrected chi connectivity index (χ3v) is 17.7. The summed E-state index contributed by atoms with van der Waals surface area (Å²) >= 11 is 6.24. The molecule has 0 bridgehead atoms. The fourth-order valence-electron chi connectivity index (χ4n) is 9.88. The van der Waals surface area contributed by atoms with Gasteiger partial charge in [-0.05, 0) is 110 Å². The summed E-state index contributed by atoms with van der Waals surface area (Å²) in [6, 6.07) is 32.7. The molecule has 2 aromatic heterocycles. The van der Waals surface area contributed by atoms with Gasteiger partial charge in [-0.3, -0.25) is 0 Å². The zero-order valence-electron chi connectivity index (χ0n) is 40.9. The summed E-state index contributed by atoms with van der Waals surface area (Å²) in [7, 11) is -6.63. The number of sulfone groups is 2. The van der Waals surface area contributed by atoms with Crippen LogP contribution in [-0.4, -0.2) is 104 Å². The number of ether oxygens (including phenoxy) is 2. The minimum atomic E-state index is -3.53. The molecule has 2 fully saturated rings. The van der Waals surface area contributed by atoms with Gasteiger partial charge in [-0.2, -0.15) is 0 Å². The van der Waals surface area contributed by atoms with Gasteiger partial charge in [-0.1, -0.05) is 48.0 Å². The number of benzene rings is 6. The molecule has 75 heavy (non-hydrogen) atoms. The first kappa shape index (κ1) is 51.6. The molecule has 6 aromatic carbocycles. The second kappa shape index (κ2) is 21.4. The van der Waals surface area contributed by atoms with Crippen molar-refractivity contribution in [2.24, 2.45) is 0 Å². The number of halogens is 5. The molecule has 0 spiro atoms. The second-order valence-electron chi connectivity index (χ2n) is 18.3. The third-order valence-electron chi connectivity index (χ3n) is 13.7. The van der Waals surface area contributed by atoms with Crippen LogP contribution in [0.3, 0.4) is 0 Å². The van der Waals surface area contributed by atoms with E-state index in [1.54, 1.807) is 86.6 Å². The van der Waals surface area contributed by atoms with E-state index < -0.39 is 37.1 Å². The highest BCUT2D eigenvalue weighted by molar-refractivity contribution is 7.92. The molecule has 0 aliphatic carbocycles. The molecule has 0 unspecified atom stereocenters. The molecule has 0 saturated carbocycles. The second-order valence-corrected chi connectivity index (χ2v) is 22.8. The molecule has 0 radical (unpaired) electrons. The van der Waals surface area contributed by atoms with Crippen molar-refractivity contribution in [1.82, 2.24) is 9.97 Å². The van der Waals surface area contributed by atoms with Crippen LogP contribution in [0.25, 0.3) is 44.3 Å². The molecule has 388 valence electrons. The molecule has 19 heteroatoms. The Kier molecular flexibility index (Phi) is 14.8. The molecule has 0 amide bonds. The number of fused-ring (bicyclic) bond motifs is 4. The summed E-state index contributed by atoms with van der Waals surface area (Å²) in [6.07, 6.45) is 0. The standard InChI is InChI=1S/C28H25F2N3O3S.C16H10ClF2N.C12H16N2O3S/c1-18-27(20-5-2-3-6-21(20)29)31-23-8-4-7-22(30)26(23)28(18)33-13-16-37(34,35)25-10-9-19(17-24(25)33)32-11-14-36-15-12-32;1-9-15(17)14-12(19)7-4-8-13(14)20-16(9)10-5-2-3-6-11(10)18;15-18(16)8-3-13-11-9-10(1-2-12(11)18)14-4-6-17-7-5-14/h2-10,17H,11-16H2,1H3;2-8H,1H3;1-2,9,13H,3-8H2. The van der Waals surface area contributed by atoms with E-state index in [1.165, 1.54) is 24.3 Å². The molecule has 12 nitrogen and oxygen atoms in total. The van der Waals surface area contributed by atoms with Crippen molar-refractivity contribution in [1.29, 1.82) is 0 Å². The van der Waals surface area contributed by atoms with Crippen LogP contribution in [0.4, 0.5) is 46.0 Å². The van der Waals surface area contributed by atoms with Gasteiger partial charge >= 0.3 is 0 Å². The van der Waals surface area contributed by atoms with Gasteiger partial charge in [0.2, 0.25) is 0 Å². The predicted octanol–water partition coefficient (Wildman–Crippen LogP) is 11.1. The lowest BCUT2D eigenvalue weighted by Gasteiger charge is -2.35. The first-order valence-corrected chi connectivity index (χ1v) is 28.0. The maximum atomic E-state index is 15.4. The Hall–Kier alpha value is -6.83. The average molecular weight is 1080 g/mol. The highest BCUT2D eigenvalue weighted by atomic mass is 35.5. The fourth-order valence-corrected chi connectivity index (χ4v) is 12.9. The molecular weight excluding hydrogens is 1030 g/mol. The van der Waals surface area contributed by atoms with E-state index >= 15 is 4.39 Å². The Morgan fingerprint density at radius 2 is 1.04 bits per heavy atom. The summed E-state index contributed by atoms with van der Waals surface area (Å²) in [5, 5.41) is 3.98. The summed E-state index contributed by atoms with van der Waals surface area (Å²) in [5.41, 5.74) is 7.05. The van der Waals surface area contributed by atoms with Gasteiger partial charge in [0, 0.05) is 61.8 Å². The molecule has 0 atom stereocenters. The van der Waals surface area contributed by atoms with Gasteiger partial charge in [0.1, 0.15) is 23.3 Å². The molecule has 4 aliphatic rings. The van der Waals surface area contributed by atoms with E-state index in [0.717, 1.165) is 43.4 Å². The zero-order chi connectivity index (χ0) is 52.6. The smallest absolute Gasteiger partial charge is 0.182 e. The minimum Gasteiger partial charge on any atom is -0.383 e. The summed E-state index contributed by atoms with van der Waals surface area (Å²) in [6.45, 7) is 9.82. The van der Waals surface area contributed by atoms with Crippen molar-refractivity contribution in [3.8, 4) is 22.5 Å². The lowest BCUT2D eigenvalue weighted by Crippen LogP contribution is -2.37. The van der Waals surface area contributed by atoms with E-state index in [9.17, 15) is 30.0 Å². The van der Waals surface area contributed by atoms with Crippen LogP contribution >= 0.6 is 11.6 Å². The number of hydrogen-bond donors (Lipinski definition) is 1. The molecule has 4 aliphatic heterocycles. The van der Waals surface area contributed by atoms with E-state index in [-0.39, 0.29) is 44.6 Å². The SMILES string of the molecule is Cc1c(-c2ccccc2F)nc2cccc(F)c2c1Cl.Cc1c(-c2ccccc2F)nc2cccc(F)c2c1N1CCS(=O)(=O)c2ccc(N3CCOCC3)cc21.O=S1(=O)CCNc2cc(N3CCOCC3)ccc21. The van der Waals surface area contributed by atoms with Gasteiger partial charge in [-0.15, -0.1) is 0 Å². The highest BCUT2D eigenvalue weighted by Crippen LogP contribution is 2.45. The van der Waals surface area contributed by atoms with Crippen molar-refractivity contribution in [3.63, 3.8) is 0 Å². The number of pyridine rings is 2. The summed E-state index contributed by atoms with van der Waals surface area (Å²) < 4.78 is 119. The predicted molar refractivity (Wildman–Crippen MR) is 287 cm³/mol. The third kappa shape index (κ3) is 10.3. The van der Waals surface area contributed by atoms with E-state index in [4.69, 9.17) is 21.1 Å². The molecular formula is C56H51ClF4N6O6S2. The highest BCUT2D eigenvalue weighted by Gasteiger charge is 2.34. The normalized spacial score (nSPS) is 16.7. The summed E-state index contributed by atoms with van der Waals surface area (Å²) in [5.74, 6) is -1.66. The van der Waals surface area contributed by atoms with Crippen LogP contribution < -0.4 is 20.0 Å². The van der Waals surface area contributed by atoms with Crippen LogP contribution in [0.15, 0.2) is 131 Å². The monoisotopic (exact) mass is 1080 g/mol. The minimum absolute atomic E-state index is 0.121. The van der Waals surface area contributed by atoms with Crippen molar-refractivity contribution < 1.29 is 43.9 Å². The summed E-state index contributed by atoms with van der Waals surface area (Å²) in [4.78, 5) is 15.8. The lowest BCUT2D eigenvalue weighted by molar-refractivity contribution is 0.122.